The van der Waals surface area contributed by atoms with Gasteiger partial charge in [0, 0.05) is 64.9 Å². The van der Waals surface area contributed by atoms with Gasteiger partial charge in [-0.25, -0.2) is 4.79 Å². The van der Waals surface area contributed by atoms with Gasteiger partial charge in [0.1, 0.15) is 12.4 Å². The average Bonchev–Trinajstić information content (AvgIpc) is 3.04. The molecule has 4 aromatic rings. The van der Waals surface area contributed by atoms with Crippen molar-refractivity contribution < 1.29 is 27.4 Å². The number of fused-ring (bicyclic) bond motifs is 3. The molecule has 0 bridgehead atoms. The topological polar surface area (TPSA) is 45.3 Å². The first-order valence-electron chi connectivity index (χ1n) is 14.9. The second-order valence-corrected chi connectivity index (χ2v) is 12.5. The van der Waals surface area contributed by atoms with Gasteiger partial charge in [0.15, 0.2) is 6.61 Å². The molecular weight excluding hydrogens is 623 g/mol. The third kappa shape index (κ3) is 7.52. The van der Waals surface area contributed by atoms with Gasteiger partial charge in [-0.3, -0.25) is 4.90 Å². The molecule has 0 radical (unpaired) electrons. The lowest BCUT2D eigenvalue weighted by Crippen LogP contribution is -2.47. The second kappa shape index (κ2) is 13.9. The summed E-state index contributed by atoms with van der Waals surface area (Å²) in [5.74, 6) is 0.163. The molecule has 0 amide bonds. The van der Waals surface area contributed by atoms with Crippen LogP contribution in [0.5, 0.6) is 5.75 Å². The number of hydrogen-bond donors (Lipinski definition) is 0. The van der Waals surface area contributed by atoms with E-state index in [2.05, 4.69) is 9.80 Å². The molecule has 2 aliphatic rings. The number of piperazine rings is 1. The van der Waals surface area contributed by atoms with E-state index in [0.29, 0.717) is 29.5 Å². The standard InChI is InChI=1S/C34H33ClF3N3O3S/c35-27-11-12-30(26-7-2-1-6-25(26)27)44-23-33(42)43-21-20-40-18-16-39(17-19-40)14-5-15-41-28-8-3-4-9-31(28)45-32-13-10-24(22-29(32)41)34(36,37)38/h1-4,6-13,22H,5,14-21,23H2. The summed E-state index contributed by atoms with van der Waals surface area (Å²) in [6.07, 6.45) is -3.57. The van der Waals surface area contributed by atoms with Crippen LogP contribution in [0.4, 0.5) is 24.5 Å². The highest BCUT2D eigenvalue weighted by Gasteiger charge is 2.33. The zero-order chi connectivity index (χ0) is 31.4. The number of benzene rings is 4. The SMILES string of the molecule is O=C(COc1ccc(Cl)c2ccccc12)OCCN1CCN(CCCN2c3ccccc3Sc3ccc(C(F)(F)F)cc32)CC1. The van der Waals surface area contributed by atoms with E-state index in [1.54, 1.807) is 18.2 Å². The Bertz CT molecular complexity index is 1660. The molecule has 1 saturated heterocycles. The minimum atomic E-state index is -4.39. The predicted molar refractivity (Wildman–Crippen MR) is 172 cm³/mol. The third-order valence-corrected chi connectivity index (χ3v) is 9.58. The fourth-order valence-corrected chi connectivity index (χ4v) is 7.07. The van der Waals surface area contributed by atoms with Crippen molar-refractivity contribution in [3.8, 4) is 5.75 Å². The van der Waals surface area contributed by atoms with Gasteiger partial charge >= 0.3 is 12.1 Å². The van der Waals surface area contributed by atoms with Crippen LogP contribution in [0, 0.1) is 0 Å². The highest BCUT2D eigenvalue weighted by molar-refractivity contribution is 7.99. The molecule has 6 nitrogen and oxygen atoms in total. The van der Waals surface area contributed by atoms with Gasteiger partial charge < -0.3 is 19.3 Å². The minimum absolute atomic E-state index is 0.179. The summed E-state index contributed by atoms with van der Waals surface area (Å²) >= 11 is 7.77. The van der Waals surface area contributed by atoms with E-state index in [1.165, 1.54) is 17.8 Å². The molecule has 0 spiro atoms. The first kappa shape index (κ1) is 31.5. The Morgan fingerprint density at radius 1 is 0.800 bits per heavy atom. The van der Waals surface area contributed by atoms with Gasteiger partial charge in [-0.1, -0.05) is 59.8 Å². The molecule has 45 heavy (non-hydrogen) atoms. The number of hydrogen-bond acceptors (Lipinski definition) is 7. The smallest absolute Gasteiger partial charge is 0.416 e. The van der Waals surface area contributed by atoms with E-state index in [0.717, 1.165) is 71.5 Å². The number of carbonyl (C=O) groups is 1. The van der Waals surface area contributed by atoms with E-state index >= 15 is 0 Å². The maximum absolute atomic E-state index is 13.5. The number of para-hydroxylation sites is 1. The summed E-state index contributed by atoms with van der Waals surface area (Å²) in [7, 11) is 0. The maximum atomic E-state index is 13.5. The second-order valence-electron chi connectivity index (χ2n) is 11.0. The summed E-state index contributed by atoms with van der Waals surface area (Å²) in [4.78, 5) is 20.9. The van der Waals surface area contributed by atoms with Crippen molar-refractivity contribution in [2.45, 2.75) is 22.4 Å². The quantitative estimate of drug-likeness (QED) is 0.162. The van der Waals surface area contributed by atoms with Gasteiger partial charge in [-0.2, -0.15) is 13.2 Å². The van der Waals surface area contributed by atoms with E-state index in [9.17, 15) is 18.0 Å². The molecule has 1 fully saturated rings. The summed E-state index contributed by atoms with van der Waals surface area (Å²) in [6.45, 7) is 5.68. The van der Waals surface area contributed by atoms with Gasteiger partial charge in [-0.05, 0) is 55.4 Å². The third-order valence-electron chi connectivity index (χ3n) is 8.12. The van der Waals surface area contributed by atoms with Crippen molar-refractivity contribution in [3.05, 3.63) is 89.4 Å². The average molecular weight is 656 g/mol. The summed E-state index contributed by atoms with van der Waals surface area (Å²) in [6, 6.07) is 23.0. The van der Waals surface area contributed by atoms with Crippen LogP contribution < -0.4 is 9.64 Å². The molecule has 4 aromatic carbocycles. The molecule has 2 aliphatic heterocycles. The zero-order valence-corrected chi connectivity index (χ0v) is 26.1. The molecule has 2 heterocycles. The van der Waals surface area contributed by atoms with Gasteiger partial charge in [0.05, 0.1) is 16.9 Å². The van der Waals surface area contributed by atoms with E-state index in [4.69, 9.17) is 21.1 Å². The number of alkyl halides is 3. The Hall–Kier alpha value is -3.44. The van der Waals surface area contributed by atoms with Crippen LogP contribution >= 0.6 is 23.4 Å². The number of nitrogens with zero attached hydrogens (tertiary/aromatic N) is 3. The first-order chi connectivity index (χ1) is 21.8. The summed E-state index contributed by atoms with van der Waals surface area (Å²) < 4.78 is 51.7. The van der Waals surface area contributed by atoms with Crippen molar-refractivity contribution in [3.63, 3.8) is 0 Å². The lowest BCUT2D eigenvalue weighted by Gasteiger charge is -2.36. The molecular formula is C34H33ClF3N3O3S. The van der Waals surface area contributed by atoms with Crippen LogP contribution in [0.3, 0.4) is 0 Å². The molecule has 0 aromatic heterocycles. The van der Waals surface area contributed by atoms with Crippen molar-refractivity contribution in [2.75, 3.05) is 63.9 Å². The Morgan fingerprint density at radius 3 is 2.27 bits per heavy atom. The number of esters is 1. The summed E-state index contributed by atoms with van der Waals surface area (Å²) in [5, 5.41) is 2.34. The fourth-order valence-electron chi connectivity index (χ4n) is 5.76. The number of ether oxygens (including phenoxy) is 2. The van der Waals surface area contributed by atoms with Crippen LogP contribution in [0.1, 0.15) is 12.0 Å². The number of rotatable bonds is 10. The van der Waals surface area contributed by atoms with Gasteiger partial charge in [0.25, 0.3) is 0 Å². The minimum Gasteiger partial charge on any atom is -0.481 e. The Morgan fingerprint density at radius 2 is 1.49 bits per heavy atom. The zero-order valence-electron chi connectivity index (χ0n) is 24.6. The molecule has 236 valence electrons. The lowest BCUT2D eigenvalue weighted by molar-refractivity contribution is -0.146. The monoisotopic (exact) mass is 655 g/mol. The van der Waals surface area contributed by atoms with Crippen molar-refractivity contribution in [2.24, 2.45) is 0 Å². The Balaban J connectivity index is 0.937. The predicted octanol–water partition coefficient (Wildman–Crippen LogP) is 7.74. The number of anilines is 2. The van der Waals surface area contributed by atoms with Crippen molar-refractivity contribution in [1.29, 1.82) is 0 Å². The molecule has 11 heteroatoms. The van der Waals surface area contributed by atoms with Crippen molar-refractivity contribution in [1.82, 2.24) is 9.80 Å². The van der Waals surface area contributed by atoms with Gasteiger partial charge in [0.2, 0.25) is 0 Å². The van der Waals surface area contributed by atoms with Crippen LogP contribution in [0.2, 0.25) is 5.02 Å². The molecule has 0 N–H and O–H groups in total. The highest BCUT2D eigenvalue weighted by Crippen LogP contribution is 2.49. The van der Waals surface area contributed by atoms with Crippen LogP contribution in [-0.4, -0.2) is 74.8 Å². The molecule has 0 aliphatic carbocycles. The fraction of sp³-hybridized carbons (Fsp3) is 0.324. The summed E-state index contributed by atoms with van der Waals surface area (Å²) in [5.41, 5.74) is 0.927. The van der Waals surface area contributed by atoms with E-state index < -0.39 is 17.7 Å². The molecule has 0 unspecified atom stereocenters. The molecule has 6 rings (SSSR count). The van der Waals surface area contributed by atoms with Gasteiger partial charge in [-0.15, -0.1) is 0 Å². The number of halogens is 4. The van der Waals surface area contributed by atoms with Crippen LogP contribution in [0.15, 0.2) is 88.7 Å². The Labute approximate surface area is 269 Å². The first-order valence-corrected chi connectivity index (χ1v) is 16.1. The Kier molecular flexibility index (Phi) is 9.75. The largest absolute Gasteiger partial charge is 0.481 e. The molecule has 0 atom stereocenters. The highest BCUT2D eigenvalue weighted by atomic mass is 35.5. The lowest BCUT2D eigenvalue weighted by atomic mass is 10.1. The molecule has 0 saturated carbocycles. The van der Waals surface area contributed by atoms with Crippen LogP contribution in [-0.2, 0) is 15.7 Å². The van der Waals surface area contributed by atoms with E-state index in [1.807, 2.05) is 53.4 Å². The normalized spacial score (nSPS) is 15.5. The maximum Gasteiger partial charge on any atom is 0.416 e. The van der Waals surface area contributed by atoms with Crippen molar-refractivity contribution >= 4 is 51.5 Å². The van der Waals surface area contributed by atoms with Crippen LogP contribution in [0.25, 0.3) is 10.8 Å². The van der Waals surface area contributed by atoms with E-state index in [-0.39, 0.29) is 13.2 Å². The number of carbonyl (C=O) groups excluding carboxylic acids is 1.